The minimum Gasteiger partial charge on any atom is -0.493 e. The van der Waals surface area contributed by atoms with Crippen LogP contribution in [0.2, 0.25) is 0 Å². The molecule has 1 fully saturated rings. The van der Waals surface area contributed by atoms with Crippen LogP contribution in [-0.4, -0.2) is 47.9 Å². The third-order valence-electron chi connectivity index (χ3n) is 8.69. The molecule has 11 heteroatoms. The first-order valence-corrected chi connectivity index (χ1v) is 17.9. The van der Waals surface area contributed by atoms with Gasteiger partial charge >= 0.3 is 5.30 Å². The Morgan fingerprint density at radius 1 is 0.800 bits per heavy atom. The molecule has 5 rings (SSSR count). The lowest BCUT2D eigenvalue weighted by Crippen LogP contribution is -2.28. The molecule has 0 saturated heterocycles. The summed E-state index contributed by atoms with van der Waals surface area (Å²) in [7, 11) is 1.54. The average molecular weight is 706 g/mol. The Kier molecular flexibility index (Phi) is 12.8. The fraction of sp³-hybridized carbons (Fsp3) is 0.385. The van der Waals surface area contributed by atoms with Gasteiger partial charge in [-0.25, -0.2) is 13.6 Å². The largest absolute Gasteiger partial charge is 0.493 e. The number of Topliss-reactive ketones (excluding diaryl/α,β-unsaturated/α-hetero) is 2. The minimum atomic E-state index is -1.07. The van der Waals surface area contributed by atoms with Crippen LogP contribution in [-0.2, 0) is 27.2 Å². The molecule has 1 heterocycles. The van der Waals surface area contributed by atoms with Crippen LogP contribution in [0, 0.1) is 17.0 Å². The first-order chi connectivity index (χ1) is 24.2. The highest BCUT2D eigenvalue weighted by Crippen LogP contribution is 2.49. The molecule has 0 unspecified atom stereocenters. The zero-order chi connectivity index (χ0) is 35.5. The summed E-state index contributed by atoms with van der Waals surface area (Å²) in [6, 6.07) is 15.2. The number of carbonyl (C=O) groups excluding carboxylic acids is 3. The molecule has 0 radical (unpaired) electrons. The average Bonchev–Trinajstić information content (AvgIpc) is 3.92. The van der Waals surface area contributed by atoms with Gasteiger partial charge in [0.1, 0.15) is 11.6 Å². The molecule has 0 aliphatic heterocycles. The highest BCUT2D eigenvalue weighted by atomic mass is 32.2. The van der Waals surface area contributed by atoms with E-state index >= 15 is 4.39 Å². The van der Waals surface area contributed by atoms with Gasteiger partial charge < -0.3 is 18.9 Å². The Hall–Kier alpha value is -4.51. The summed E-state index contributed by atoms with van der Waals surface area (Å²) in [5.74, 6) is 0.652. The number of methoxy groups -OCH3 is 1. The van der Waals surface area contributed by atoms with E-state index in [1.165, 1.54) is 36.0 Å². The lowest BCUT2D eigenvalue weighted by molar-refractivity contribution is -0.133. The molecule has 0 amide bonds. The van der Waals surface area contributed by atoms with Crippen molar-refractivity contribution >= 4 is 39.5 Å². The molecule has 1 saturated carbocycles. The molecule has 0 N–H and O–H groups in total. The first kappa shape index (κ1) is 36.8. The molecule has 1 aliphatic rings. The lowest BCUT2D eigenvalue weighted by Gasteiger charge is -2.15. The zero-order valence-electron chi connectivity index (χ0n) is 28.3. The summed E-state index contributed by atoms with van der Waals surface area (Å²) in [6.45, 7) is 2.69. The number of ketones is 2. The van der Waals surface area contributed by atoms with E-state index in [0.717, 1.165) is 37.9 Å². The van der Waals surface area contributed by atoms with Gasteiger partial charge in [-0.15, -0.1) is 0 Å². The van der Waals surface area contributed by atoms with Crippen molar-refractivity contribution in [3.63, 3.8) is 0 Å². The third-order valence-corrected chi connectivity index (χ3v) is 9.54. The molecule has 1 aliphatic carbocycles. The highest BCUT2D eigenvalue weighted by Gasteiger charge is 2.54. The second kappa shape index (κ2) is 17.4. The Morgan fingerprint density at radius 3 is 2.20 bits per heavy atom. The number of hydrogen-bond acceptors (Lipinski definition) is 9. The number of pyridine rings is 1. The molecular formula is C39H41F2NO7S. The van der Waals surface area contributed by atoms with Gasteiger partial charge in [0, 0.05) is 36.2 Å². The van der Waals surface area contributed by atoms with E-state index in [9.17, 15) is 18.8 Å². The van der Waals surface area contributed by atoms with E-state index < -0.39 is 11.2 Å². The van der Waals surface area contributed by atoms with Crippen molar-refractivity contribution in [1.29, 1.82) is 0 Å². The van der Waals surface area contributed by atoms with Gasteiger partial charge in [0.05, 0.1) is 31.3 Å². The second-order valence-electron chi connectivity index (χ2n) is 12.3. The number of unbranched alkanes of at least 4 members (excludes halogenated alkanes) is 4. The van der Waals surface area contributed by atoms with E-state index in [1.54, 1.807) is 56.6 Å². The number of hydrogen-bond donors (Lipinski definition) is 0. The molecule has 0 atom stereocenters. The maximum absolute atomic E-state index is 15.3. The van der Waals surface area contributed by atoms with Crippen molar-refractivity contribution in [2.24, 2.45) is 5.41 Å². The maximum Gasteiger partial charge on any atom is 0.367 e. The van der Waals surface area contributed by atoms with Gasteiger partial charge in [-0.2, -0.15) is 0 Å². The van der Waals surface area contributed by atoms with E-state index in [1.807, 2.05) is 0 Å². The Morgan fingerprint density at radius 2 is 1.50 bits per heavy atom. The van der Waals surface area contributed by atoms with E-state index in [4.69, 9.17) is 18.9 Å². The smallest absolute Gasteiger partial charge is 0.367 e. The summed E-state index contributed by atoms with van der Waals surface area (Å²) in [4.78, 5) is 42.1. The SMILES string of the molecule is CCOC(=O)SCCCCCCCOc1cc2nccc(Oc3ccc(CC(=O)C4(C(=O)Cc5ccc(F)cc5)CC4)cc3F)c2cc1OC. The zero-order valence-corrected chi connectivity index (χ0v) is 29.1. The van der Waals surface area contributed by atoms with Gasteiger partial charge in [0.2, 0.25) is 0 Å². The molecule has 0 spiro atoms. The standard InChI is InChI=1S/C39H41F2NO7S/c1-3-47-38(45)50-20-8-6-4-5-7-19-48-35-25-31-29(24-34(35)46-2)32(15-18-42-31)49-33-14-11-27(21-30(33)41)23-37(44)39(16-17-39)36(43)22-26-9-12-28(40)13-10-26/h9-15,18,21,24-25H,3-8,16-17,19-20,22-23H2,1-2H3. The van der Waals surface area contributed by atoms with Crippen molar-refractivity contribution in [3.05, 3.63) is 89.6 Å². The predicted octanol–water partition coefficient (Wildman–Crippen LogP) is 9.24. The van der Waals surface area contributed by atoms with Crippen LogP contribution < -0.4 is 14.2 Å². The second-order valence-corrected chi connectivity index (χ2v) is 13.3. The van der Waals surface area contributed by atoms with Gasteiger partial charge in [0.25, 0.3) is 0 Å². The van der Waals surface area contributed by atoms with E-state index in [-0.39, 0.29) is 41.3 Å². The summed E-state index contributed by atoms with van der Waals surface area (Å²) < 4.78 is 51.1. The Bertz CT molecular complexity index is 1810. The van der Waals surface area contributed by atoms with Crippen LogP contribution in [0.1, 0.15) is 63.0 Å². The minimum absolute atomic E-state index is 0.0269. The van der Waals surface area contributed by atoms with Crippen LogP contribution in [0.5, 0.6) is 23.0 Å². The Balaban J connectivity index is 1.15. The molecule has 0 bridgehead atoms. The number of fused-ring (bicyclic) bond motifs is 1. The van der Waals surface area contributed by atoms with Gasteiger partial charge in [-0.05, 0) is 91.9 Å². The van der Waals surface area contributed by atoms with Gasteiger partial charge in [0.15, 0.2) is 34.6 Å². The summed E-state index contributed by atoms with van der Waals surface area (Å²) in [5, 5.41) is 0.385. The van der Waals surface area contributed by atoms with Crippen molar-refractivity contribution in [1.82, 2.24) is 4.98 Å². The van der Waals surface area contributed by atoms with Crippen LogP contribution in [0.4, 0.5) is 13.6 Å². The number of carbonyl (C=O) groups is 3. The third kappa shape index (κ3) is 9.59. The van der Waals surface area contributed by atoms with E-state index in [2.05, 4.69) is 4.98 Å². The Labute approximate surface area is 294 Å². The fourth-order valence-corrected chi connectivity index (χ4v) is 6.44. The lowest BCUT2D eigenvalue weighted by atomic mass is 9.88. The predicted molar refractivity (Wildman–Crippen MR) is 188 cm³/mol. The van der Waals surface area contributed by atoms with Crippen molar-refractivity contribution in [3.8, 4) is 23.0 Å². The van der Waals surface area contributed by atoms with Crippen LogP contribution in [0.15, 0.2) is 66.9 Å². The quantitative estimate of drug-likeness (QED) is 0.0537. The van der Waals surface area contributed by atoms with Crippen molar-refractivity contribution in [2.45, 2.75) is 64.7 Å². The van der Waals surface area contributed by atoms with Gasteiger partial charge in [-0.1, -0.05) is 37.5 Å². The van der Waals surface area contributed by atoms with Crippen molar-refractivity contribution in [2.75, 3.05) is 26.1 Å². The molecular weight excluding hydrogens is 664 g/mol. The normalized spacial score (nSPS) is 13.1. The summed E-state index contributed by atoms with van der Waals surface area (Å²) in [5.41, 5.74) is 0.608. The molecule has 4 aromatic rings. The fourth-order valence-electron chi connectivity index (χ4n) is 5.73. The number of benzene rings is 3. The number of thioether (sulfide) groups is 1. The molecule has 8 nitrogen and oxygen atoms in total. The number of nitrogens with zero attached hydrogens (tertiary/aromatic N) is 1. The molecule has 1 aromatic heterocycles. The number of ether oxygens (including phenoxy) is 4. The number of halogens is 2. The molecule has 264 valence electrons. The summed E-state index contributed by atoms with van der Waals surface area (Å²) >= 11 is 1.22. The first-order valence-electron chi connectivity index (χ1n) is 16.9. The molecule has 3 aromatic carbocycles. The van der Waals surface area contributed by atoms with Crippen LogP contribution in [0.3, 0.4) is 0 Å². The molecule has 50 heavy (non-hydrogen) atoms. The van der Waals surface area contributed by atoms with Crippen LogP contribution in [0.25, 0.3) is 10.9 Å². The number of rotatable bonds is 19. The number of aromatic nitrogens is 1. The van der Waals surface area contributed by atoms with E-state index in [0.29, 0.717) is 65.3 Å². The summed E-state index contributed by atoms with van der Waals surface area (Å²) in [6.07, 6.45) is 7.32. The maximum atomic E-state index is 15.3. The van der Waals surface area contributed by atoms with Crippen LogP contribution >= 0.6 is 11.8 Å². The monoisotopic (exact) mass is 705 g/mol. The van der Waals surface area contributed by atoms with Crippen molar-refractivity contribution < 1.29 is 42.1 Å². The topological polar surface area (TPSA) is 101 Å². The highest BCUT2D eigenvalue weighted by molar-refractivity contribution is 8.13. The van der Waals surface area contributed by atoms with Gasteiger partial charge in [-0.3, -0.25) is 14.6 Å².